The van der Waals surface area contributed by atoms with Gasteiger partial charge in [0.2, 0.25) is 0 Å². The number of carbonyl (C=O) groups is 1. The second-order valence-corrected chi connectivity index (χ2v) is 6.26. The predicted octanol–water partition coefficient (Wildman–Crippen LogP) is 3.41. The van der Waals surface area contributed by atoms with E-state index in [-0.39, 0.29) is 30.8 Å². The van der Waals surface area contributed by atoms with Gasteiger partial charge in [-0.25, -0.2) is 0 Å². The largest absolute Gasteiger partial charge is 0.487 e. The van der Waals surface area contributed by atoms with Crippen LogP contribution in [-0.4, -0.2) is 23.3 Å². The van der Waals surface area contributed by atoms with Crippen LogP contribution in [0.25, 0.3) is 0 Å². The molecule has 23 heavy (non-hydrogen) atoms. The summed E-state index contributed by atoms with van der Waals surface area (Å²) in [6.45, 7) is 5.09. The molecular weight excluding hydrogens is 313 g/mol. The van der Waals surface area contributed by atoms with Crippen LogP contribution in [0.2, 0.25) is 0 Å². The van der Waals surface area contributed by atoms with Crippen molar-refractivity contribution in [2.75, 3.05) is 6.61 Å². The fourth-order valence-corrected chi connectivity index (χ4v) is 2.91. The van der Waals surface area contributed by atoms with Gasteiger partial charge in [-0.1, -0.05) is 6.07 Å². The second kappa shape index (κ2) is 5.70. The maximum atomic E-state index is 12.9. The number of halogens is 3. The van der Waals surface area contributed by atoms with E-state index in [9.17, 15) is 23.1 Å². The maximum absolute atomic E-state index is 12.9. The van der Waals surface area contributed by atoms with Crippen LogP contribution < -0.4 is 4.74 Å². The number of benzene rings is 1. The minimum atomic E-state index is -4.51. The molecule has 7 heteroatoms. The molecular formula is C16H19F3O4. The zero-order valence-electron chi connectivity index (χ0n) is 13.2. The Kier molecular flexibility index (Phi) is 4.36. The smallest absolute Gasteiger partial charge is 0.416 e. The summed E-state index contributed by atoms with van der Waals surface area (Å²) in [6, 6.07) is 2.88. The molecule has 0 amide bonds. The van der Waals surface area contributed by atoms with Crippen molar-refractivity contribution < 1.29 is 32.5 Å². The van der Waals surface area contributed by atoms with Gasteiger partial charge in [-0.15, -0.1) is 0 Å². The first-order valence-electron chi connectivity index (χ1n) is 7.26. The average Bonchev–Trinajstić information content (AvgIpc) is 2.35. The van der Waals surface area contributed by atoms with Crippen molar-refractivity contribution in [3.05, 3.63) is 29.3 Å². The molecule has 1 aliphatic rings. The highest BCUT2D eigenvalue weighted by molar-refractivity contribution is 5.71. The summed E-state index contributed by atoms with van der Waals surface area (Å²) in [6.07, 6.45) is -4.79. The maximum Gasteiger partial charge on any atom is 0.416 e. The van der Waals surface area contributed by atoms with Crippen LogP contribution >= 0.6 is 0 Å². The Morgan fingerprint density at radius 1 is 1.39 bits per heavy atom. The SMILES string of the molecule is CCOC(=O)CC1(O)CC(C)(C)Oc2cc(C(F)(F)F)ccc21. The van der Waals surface area contributed by atoms with E-state index < -0.39 is 28.9 Å². The first kappa shape index (κ1) is 17.6. The van der Waals surface area contributed by atoms with Gasteiger partial charge < -0.3 is 14.6 Å². The molecule has 0 aromatic heterocycles. The summed E-state index contributed by atoms with van der Waals surface area (Å²) >= 11 is 0. The summed E-state index contributed by atoms with van der Waals surface area (Å²) in [7, 11) is 0. The predicted molar refractivity (Wildman–Crippen MR) is 75.9 cm³/mol. The normalized spacial score (nSPS) is 22.9. The van der Waals surface area contributed by atoms with Crippen LogP contribution in [0.4, 0.5) is 13.2 Å². The number of fused-ring (bicyclic) bond motifs is 1. The highest BCUT2D eigenvalue weighted by atomic mass is 19.4. The molecule has 4 nitrogen and oxygen atoms in total. The number of carbonyl (C=O) groups excluding carboxylic acids is 1. The molecule has 2 rings (SSSR count). The van der Waals surface area contributed by atoms with Gasteiger partial charge in [0.1, 0.15) is 17.0 Å². The molecule has 1 aromatic carbocycles. The van der Waals surface area contributed by atoms with Crippen molar-refractivity contribution in [3.8, 4) is 5.75 Å². The molecule has 0 fully saturated rings. The van der Waals surface area contributed by atoms with Gasteiger partial charge in [0.05, 0.1) is 18.6 Å². The third-order valence-electron chi connectivity index (χ3n) is 3.66. The molecule has 0 saturated heterocycles. The lowest BCUT2D eigenvalue weighted by Gasteiger charge is -2.42. The molecule has 1 atom stereocenters. The van der Waals surface area contributed by atoms with E-state index in [0.717, 1.165) is 18.2 Å². The molecule has 0 radical (unpaired) electrons. The number of esters is 1. The summed E-state index contributed by atoms with van der Waals surface area (Å²) in [5.74, 6) is -0.679. The molecule has 0 saturated carbocycles. The molecule has 0 spiro atoms. The number of ether oxygens (including phenoxy) is 2. The first-order chi connectivity index (χ1) is 10.5. The standard InChI is InChI=1S/C16H19F3O4/c1-4-22-13(20)8-15(21)9-14(2,3)23-12-7-10(16(17,18)19)5-6-11(12)15/h5-7,21H,4,8-9H2,1-3H3. The summed E-state index contributed by atoms with van der Waals surface area (Å²) in [5.41, 5.74) is -3.25. The fourth-order valence-electron chi connectivity index (χ4n) is 2.91. The van der Waals surface area contributed by atoms with Gasteiger partial charge in [0.15, 0.2) is 0 Å². The van der Waals surface area contributed by atoms with E-state index in [1.54, 1.807) is 20.8 Å². The number of hydrogen-bond acceptors (Lipinski definition) is 4. The zero-order valence-corrected chi connectivity index (χ0v) is 13.2. The molecule has 1 N–H and O–H groups in total. The van der Waals surface area contributed by atoms with E-state index in [4.69, 9.17) is 9.47 Å². The van der Waals surface area contributed by atoms with Gasteiger partial charge in [0.25, 0.3) is 0 Å². The van der Waals surface area contributed by atoms with Gasteiger partial charge >= 0.3 is 12.1 Å². The van der Waals surface area contributed by atoms with Crippen LogP contribution in [0.15, 0.2) is 18.2 Å². The Balaban J connectivity index is 2.46. The highest BCUT2D eigenvalue weighted by Gasteiger charge is 2.46. The quantitative estimate of drug-likeness (QED) is 0.862. The number of rotatable bonds is 3. The summed E-state index contributed by atoms with van der Waals surface area (Å²) in [4.78, 5) is 11.8. The third-order valence-corrected chi connectivity index (χ3v) is 3.66. The van der Waals surface area contributed by atoms with Gasteiger partial charge in [-0.05, 0) is 32.9 Å². The van der Waals surface area contributed by atoms with Crippen molar-refractivity contribution in [2.24, 2.45) is 0 Å². The highest BCUT2D eigenvalue weighted by Crippen LogP contribution is 2.47. The molecule has 1 aromatic rings. The van der Waals surface area contributed by atoms with E-state index in [2.05, 4.69) is 0 Å². The Morgan fingerprint density at radius 2 is 2.04 bits per heavy atom. The molecule has 0 aliphatic carbocycles. The number of hydrogen-bond donors (Lipinski definition) is 1. The Labute approximate surface area is 132 Å². The topological polar surface area (TPSA) is 55.8 Å². The Hall–Kier alpha value is -1.76. The van der Waals surface area contributed by atoms with Crippen LogP contribution in [0.3, 0.4) is 0 Å². The lowest BCUT2D eigenvalue weighted by Crippen LogP contribution is -2.45. The summed E-state index contributed by atoms with van der Waals surface area (Å²) < 4.78 is 49.0. The van der Waals surface area contributed by atoms with Crippen LogP contribution in [0.5, 0.6) is 5.75 Å². The van der Waals surface area contributed by atoms with Crippen molar-refractivity contribution >= 4 is 5.97 Å². The minimum absolute atomic E-state index is 0.0666. The van der Waals surface area contributed by atoms with Gasteiger partial charge in [-0.3, -0.25) is 4.79 Å². The van der Waals surface area contributed by atoms with Crippen molar-refractivity contribution in [1.29, 1.82) is 0 Å². The number of alkyl halides is 3. The molecule has 128 valence electrons. The number of aliphatic hydroxyl groups is 1. The van der Waals surface area contributed by atoms with E-state index in [0.29, 0.717) is 0 Å². The monoisotopic (exact) mass is 332 g/mol. The molecule has 1 unspecified atom stereocenters. The van der Waals surface area contributed by atoms with Gasteiger partial charge in [0, 0.05) is 12.0 Å². The van der Waals surface area contributed by atoms with Crippen LogP contribution in [-0.2, 0) is 21.3 Å². The van der Waals surface area contributed by atoms with Crippen LogP contribution in [0.1, 0.15) is 44.7 Å². The zero-order chi connectivity index (χ0) is 17.5. The van der Waals surface area contributed by atoms with E-state index in [1.807, 2.05) is 0 Å². The van der Waals surface area contributed by atoms with Crippen molar-refractivity contribution in [2.45, 2.75) is 51.0 Å². The van der Waals surface area contributed by atoms with Gasteiger partial charge in [-0.2, -0.15) is 13.2 Å². The Bertz CT molecular complexity index is 610. The fraction of sp³-hybridized carbons (Fsp3) is 0.562. The molecule has 1 heterocycles. The lowest BCUT2D eigenvalue weighted by atomic mass is 9.78. The van der Waals surface area contributed by atoms with E-state index >= 15 is 0 Å². The first-order valence-corrected chi connectivity index (χ1v) is 7.26. The Morgan fingerprint density at radius 3 is 2.61 bits per heavy atom. The average molecular weight is 332 g/mol. The molecule has 0 bridgehead atoms. The van der Waals surface area contributed by atoms with Crippen molar-refractivity contribution in [3.63, 3.8) is 0 Å². The minimum Gasteiger partial charge on any atom is -0.487 e. The lowest BCUT2D eigenvalue weighted by molar-refractivity contribution is -0.153. The second-order valence-electron chi connectivity index (χ2n) is 6.26. The molecule has 1 aliphatic heterocycles. The van der Waals surface area contributed by atoms with Crippen LogP contribution in [0, 0.1) is 0 Å². The van der Waals surface area contributed by atoms with E-state index in [1.165, 1.54) is 0 Å². The summed E-state index contributed by atoms with van der Waals surface area (Å²) in [5, 5.41) is 10.9. The van der Waals surface area contributed by atoms with Crippen molar-refractivity contribution in [1.82, 2.24) is 0 Å². The third kappa shape index (κ3) is 3.77.